The molecule has 26 heavy (non-hydrogen) atoms. The first-order valence-corrected chi connectivity index (χ1v) is 9.13. The topological polar surface area (TPSA) is 66.8 Å². The number of hydrogen-bond donors (Lipinski definition) is 1. The Labute approximate surface area is 151 Å². The Morgan fingerprint density at radius 3 is 2.65 bits per heavy atom. The van der Waals surface area contributed by atoms with Crippen molar-refractivity contribution in [3.8, 4) is 0 Å². The third-order valence-corrected chi connectivity index (χ3v) is 5.73. The molecule has 0 saturated heterocycles. The maximum absolute atomic E-state index is 13.3. The van der Waals surface area contributed by atoms with Crippen molar-refractivity contribution in [3.05, 3.63) is 47.0 Å². The van der Waals surface area contributed by atoms with Crippen molar-refractivity contribution in [1.29, 1.82) is 0 Å². The summed E-state index contributed by atoms with van der Waals surface area (Å²) < 4.78 is 19.4. The van der Waals surface area contributed by atoms with Crippen molar-refractivity contribution >= 4 is 11.7 Å². The number of ketones is 1. The molecule has 0 aromatic heterocycles. The number of amides is 1. The first-order valence-electron chi connectivity index (χ1n) is 9.13. The molecule has 1 aliphatic carbocycles. The molecule has 1 aromatic carbocycles. The molecular weight excluding hydrogens is 337 g/mol. The zero-order valence-electron chi connectivity index (χ0n) is 14.7. The van der Waals surface area contributed by atoms with Crippen LogP contribution in [0.5, 0.6) is 0 Å². The highest BCUT2D eigenvalue weighted by atomic mass is 19.1. The Kier molecular flexibility index (Phi) is 4.31. The van der Waals surface area contributed by atoms with Gasteiger partial charge in [0.05, 0.1) is 24.1 Å². The minimum Gasteiger partial charge on any atom is -0.483 e. The minimum atomic E-state index is -0.629. The minimum absolute atomic E-state index is 0.0362. The Morgan fingerprint density at radius 2 is 1.96 bits per heavy atom. The van der Waals surface area contributed by atoms with Crippen molar-refractivity contribution < 1.29 is 23.8 Å². The summed E-state index contributed by atoms with van der Waals surface area (Å²) in [7, 11) is 0. The second kappa shape index (κ2) is 6.50. The summed E-state index contributed by atoms with van der Waals surface area (Å²) in [6.45, 7) is 2.00. The number of fused-ring (bicyclic) bond motifs is 1. The number of ether oxygens (including phenoxy) is 1. The summed E-state index contributed by atoms with van der Waals surface area (Å²) >= 11 is 0. The van der Waals surface area contributed by atoms with Crippen molar-refractivity contribution in [3.63, 3.8) is 0 Å². The molecule has 5 nitrogen and oxygen atoms in total. The van der Waals surface area contributed by atoms with Gasteiger partial charge >= 0.3 is 0 Å². The summed E-state index contributed by atoms with van der Waals surface area (Å²) in [4.78, 5) is 27.6. The lowest BCUT2D eigenvalue weighted by Crippen LogP contribution is -2.41. The lowest BCUT2D eigenvalue weighted by Gasteiger charge is -2.37. The number of carbonyl (C=O) groups is 2. The highest BCUT2D eigenvalue weighted by Crippen LogP contribution is 2.47. The van der Waals surface area contributed by atoms with Crippen LogP contribution in [0.25, 0.3) is 0 Å². The lowest BCUT2D eigenvalue weighted by atomic mass is 9.74. The molecule has 1 saturated carbocycles. The average Bonchev–Trinajstić information content (AvgIpc) is 2.90. The van der Waals surface area contributed by atoms with Crippen LogP contribution in [-0.4, -0.2) is 41.0 Å². The van der Waals surface area contributed by atoms with Crippen molar-refractivity contribution in [2.24, 2.45) is 11.8 Å². The van der Waals surface area contributed by atoms with Crippen LogP contribution in [0.4, 0.5) is 4.39 Å². The van der Waals surface area contributed by atoms with Gasteiger partial charge < -0.3 is 14.7 Å². The summed E-state index contributed by atoms with van der Waals surface area (Å²) in [6.07, 6.45) is 2.25. The number of aliphatic hydroxyl groups is 1. The number of β-amino-alcohol motifs (C(OH)–C–C–N with tert-alkyl or cyclic N) is 1. The molecule has 0 bridgehead atoms. The lowest BCUT2D eigenvalue weighted by molar-refractivity contribution is -0.136. The van der Waals surface area contributed by atoms with Gasteiger partial charge in [-0.1, -0.05) is 19.1 Å². The highest BCUT2D eigenvalue weighted by Gasteiger charge is 2.52. The van der Waals surface area contributed by atoms with Gasteiger partial charge in [-0.2, -0.15) is 0 Å². The van der Waals surface area contributed by atoms with Gasteiger partial charge in [-0.05, 0) is 42.9 Å². The molecule has 1 aromatic rings. The average molecular weight is 359 g/mol. The largest absolute Gasteiger partial charge is 0.483 e. The zero-order valence-corrected chi connectivity index (χ0v) is 14.7. The van der Waals surface area contributed by atoms with Crippen LogP contribution in [0.15, 0.2) is 35.6 Å². The van der Waals surface area contributed by atoms with E-state index in [4.69, 9.17) is 4.74 Å². The Morgan fingerprint density at radius 1 is 1.23 bits per heavy atom. The molecule has 0 spiro atoms. The number of aliphatic hydroxyl groups excluding tert-OH is 1. The smallest absolute Gasteiger partial charge is 0.290 e. The molecule has 4 rings (SSSR count). The van der Waals surface area contributed by atoms with Crippen LogP contribution in [0.3, 0.4) is 0 Å². The maximum atomic E-state index is 13.3. The molecule has 0 radical (unpaired) electrons. The first-order chi connectivity index (χ1) is 12.5. The van der Waals surface area contributed by atoms with Crippen LogP contribution < -0.4 is 0 Å². The van der Waals surface area contributed by atoms with E-state index in [1.807, 2.05) is 0 Å². The quantitative estimate of drug-likeness (QED) is 0.900. The molecular formula is C20H22FNO4. The third kappa shape index (κ3) is 2.63. The number of benzene rings is 1. The van der Waals surface area contributed by atoms with Crippen LogP contribution in [0.1, 0.15) is 37.8 Å². The van der Waals surface area contributed by atoms with Gasteiger partial charge in [0.1, 0.15) is 11.9 Å². The van der Waals surface area contributed by atoms with Crippen molar-refractivity contribution in [2.75, 3.05) is 13.2 Å². The summed E-state index contributed by atoms with van der Waals surface area (Å²) in [6, 6.07) is 5.16. The van der Waals surface area contributed by atoms with Crippen LogP contribution >= 0.6 is 0 Å². The molecule has 2 aliphatic heterocycles. The van der Waals surface area contributed by atoms with E-state index in [2.05, 4.69) is 6.92 Å². The predicted octanol–water partition coefficient (Wildman–Crippen LogP) is 2.36. The van der Waals surface area contributed by atoms with Crippen LogP contribution in [-0.2, 0) is 14.3 Å². The molecule has 2 heterocycles. The van der Waals surface area contributed by atoms with E-state index in [0.29, 0.717) is 17.1 Å². The number of Topliss-reactive ketones (excluding diaryl/α,β-unsaturated/α-hetero) is 1. The van der Waals surface area contributed by atoms with E-state index in [-0.39, 0.29) is 48.4 Å². The van der Waals surface area contributed by atoms with E-state index in [9.17, 15) is 19.1 Å². The van der Waals surface area contributed by atoms with Crippen molar-refractivity contribution in [2.45, 2.75) is 38.3 Å². The molecule has 1 fully saturated rings. The van der Waals surface area contributed by atoms with Crippen molar-refractivity contribution in [1.82, 2.24) is 4.90 Å². The standard InChI is InChI=1S/C20H22FNO4/c1-11-2-7-15-14(10-11)18(24)16-17(12-3-5-13(21)6-4-12)22(8-9-23)20(25)19(16)26-15/h3-6,11,14-15,17,23H,2,7-10H2,1H3. The van der Waals surface area contributed by atoms with E-state index >= 15 is 0 Å². The van der Waals surface area contributed by atoms with Gasteiger partial charge in [-0.25, -0.2) is 4.39 Å². The Balaban J connectivity index is 1.78. The van der Waals surface area contributed by atoms with E-state index in [0.717, 1.165) is 19.3 Å². The zero-order chi connectivity index (χ0) is 18.4. The fourth-order valence-electron chi connectivity index (χ4n) is 4.45. The monoisotopic (exact) mass is 359 g/mol. The molecule has 1 N–H and O–H groups in total. The number of halogens is 1. The predicted molar refractivity (Wildman–Crippen MR) is 91.4 cm³/mol. The highest BCUT2D eigenvalue weighted by molar-refractivity contribution is 6.11. The second-order valence-electron chi connectivity index (χ2n) is 7.46. The summed E-state index contributed by atoms with van der Waals surface area (Å²) in [5.41, 5.74) is 1.02. The van der Waals surface area contributed by atoms with Gasteiger partial charge in [0.2, 0.25) is 0 Å². The summed E-state index contributed by atoms with van der Waals surface area (Å²) in [5.74, 6) is -0.454. The van der Waals surface area contributed by atoms with Gasteiger partial charge in [-0.3, -0.25) is 9.59 Å². The molecule has 4 unspecified atom stereocenters. The number of rotatable bonds is 3. The molecule has 6 heteroatoms. The number of hydrogen-bond acceptors (Lipinski definition) is 4. The van der Waals surface area contributed by atoms with E-state index in [1.54, 1.807) is 12.1 Å². The third-order valence-electron chi connectivity index (χ3n) is 5.73. The van der Waals surface area contributed by atoms with Gasteiger partial charge in [-0.15, -0.1) is 0 Å². The number of carbonyl (C=O) groups excluding carboxylic acids is 2. The fourth-order valence-corrected chi connectivity index (χ4v) is 4.45. The maximum Gasteiger partial charge on any atom is 0.290 e. The van der Waals surface area contributed by atoms with Gasteiger partial charge in [0, 0.05) is 6.54 Å². The van der Waals surface area contributed by atoms with E-state index in [1.165, 1.54) is 17.0 Å². The first kappa shape index (κ1) is 17.2. The second-order valence-corrected chi connectivity index (χ2v) is 7.46. The Hall–Kier alpha value is -2.21. The van der Waals surface area contributed by atoms with Gasteiger partial charge in [0.25, 0.3) is 5.91 Å². The molecule has 138 valence electrons. The SMILES string of the molecule is CC1CCC2OC3=C(C(=O)C2C1)C(c1ccc(F)cc1)N(CCO)C3=O. The molecule has 4 atom stereocenters. The van der Waals surface area contributed by atoms with Gasteiger partial charge in [0.15, 0.2) is 11.5 Å². The Bertz CT molecular complexity index is 773. The summed E-state index contributed by atoms with van der Waals surface area (Å²) in [5, 5.41) is 9.40. The normalized spacial score (nSPS) is 31.0. The fraction of sp³-hybridized carbons (Fsp3) is 0.500. The van der Waals surface area contributed by atoms with Crippen LogP contribution in [0, 0.1) is 17.7 Å². The molecule has 1 amide bonds. The molecule has 3 aliphatic rings. The van der Waals surface area contributed by atoms with Crippen LogP contribution in [0.2, 0.25) is 0 Å². The van der Waals surface area contributed by atoms with E-state index < -0.39 is 6.04 Å². The number of nitrogens with zero attached hydrogens (tertiary/aromatic N) is 1.